The van der Waals surface area contributed by atoms with Gasteiger partial charge in [0.05, 0.1) is 0 Å². The monoisotopic (exact) mass is 283 g/mol. The Kier molecular flexibility index (Phi) is 6.26. The van der Waals surface area contributed by atoms with Gasteiger partial charge >= 0.3 is 0 Å². The molecule has 2 heterocycles. The summed E-state index contributed by atoms with van der Waals surface area (Å²) in [5, 5.41) is 8.81. The molecule has 0 aromatic rings. The fourth-order valence-electron chi connectivity index (χ4n) is 3.26. The highest BCUT2D eigenvalue weighted by Gasteiger charge is 2.26. The number of hydrogen-bond acceptors (Lipinski definition) is 4. The third-order valence-corrected chi connectivity index (χ3v) is 4.59. The van der Waals surface area contributed by atoms with Crippen LogP contribution in [0, 0.1) is 5.92 Å². The molecule has 0 bridgehead atoms. The van der Waals surface area contributed by atoms with Crippen LogP contribution in [0.15, 0.2) is 0 Å². The highest BCUT2D eigenvalue weighted by Crippen LogP contribution is 2.18. The molecule has 20 heavy (non-hydrogen) atoms. The van der Waals surface area contributed by atoms with Crippen molar-refractivity contribution in [2.75, 3.05) is 59.5 Å². The standard InChI is InChI=1S/C15H29N3O2/c1-16-12-14(4-5-15(16)20)13-18-9-7-17(8-10-18)6-2-3-11-19/h14,19H,2-13H2,1H3. The molecule has 0 aromatic carbocycles. The van der Waals surface area contributed by atoms with E-state index < -0.39 is 0 Å². The van der Waals surface area contributed by atoms with Gasteiger partial charge in [-0.05, 0) is 31.7 Å². The van der Waals surface area contributed by atoms with E-state index >= 15 is 0 Å². The number of unbranched alkanes of at least 4 members (excludes halogenated alkanes) is 1. The highest BCUT2D eigenvalue weighted by atomic mass is 16.2. The summed E-state index contributed by atoms with van der Waals surface area (Å²) >= 11 is 0. The van der Waals surface area contributed by atoms with Crippen LogP contribution in [0.1, 0.15) is 25.7 Å². The first kappa shape index (κ1) is 15.7. The van der Waals surface area contributed by atoms with Gasteiger partial charge in [-0.3, -0.25) is 4.79 Å². The molecular formula is C15H29N3O2. The zero-order chi connectivity index (χ0) is 14.4. The Labute approximate surface area is 122 Å². The maximum absolute atomic E-state index is 11.5. The van der Waals surface area contributed by atoms with Gasteiger partial charge in [-0.15, -0.1) is 0 Å². The molecule has 5 heteroatoms. The molecule has 2 rings (SSSR count). The van der Waals surface area contributed by atoms with E-state index in [9.17, 15) is 4.79 Å². The second kappa shape index (κ2) is 7.96. The average molecular weight is 283 g/mol. The molecule has 2 fully saturated rings. The van der Waals surface area contributed by atoms with Crippen LogP contribution in [0.5, 0.6) is 0 Å². The van der Waals surface area contributed by atoms with Crippen LogP contribution < -0.4 is 0 Å². The first-order chi connectivity index (χ1) is 9.69. The lowest BCUT2D eigenvalue weighted by atomic mass is 9.97. The molecule has 1 unspecified atom stereocenters. The minimum absolute atomic E-state index is 0.301. The van der Waals surface area contributed by atoms with E-state index in [-0.39, 0.29) is 0 Å². The van der Waals surface area contributed by atoms with E-state index in [1.165, 1.54) is 0 Å². The molecule has 2 saturated heterocycles. The number of amides is 1. The van der Waals surface area contributed by atoms with Crippen LogP contribution in [0.4, 0.5) is 0 Å². The second-order valence-electron chi connectivity index (χ2n) is 6.25. The Morgan fingerprint density at radius 1 is 1.15 bits per heavy atom. The van der Waals surface area contributed by atoms with Gasteiger partial charge in [-0.2, -0.15) is 0 Å². The zero-order valence-electron chi connectivity index (χ0n) is 12.8. The van der Waals surface area contributed by atoms with Crippen LogP contribution in [-0.4, -0.2) is 85.2 Å². The van der Waals surface area contributed by atoms with E-state index in [1.54, 1.807) is 0 Å². The van der Waals surface area contributed by atoms with Crippen LogP contribution in [0.2, 0.25) is 0 Å². The molecule has 2 aliphatic heterocycles. The molecule has 1 amide bonds. The SMILES string of the molecule is CN1CC(CN2CCN(CCCCO)CC2)CCC1=O. The number of rotatable bonds is 6. The summed E-state index contributed by atoms with van der Waals surface area (Å²) in [6, 6.07) is 0. The van der Waals surface area contributed by atoms with Crippen molar-refractivity contribution in [3.63, 3.8) is 0 Å². The Hall–Kier alpha value is -0.650. The summed E-state index contributed by atoms with van der Waals surface area (Å²) in [4.78, 5) is 18.4. The van der Waals surface area contributed by atoms with Crippen LogP contribution in [0.25, 0.3) is 0 Å². The topological polar surface area (TPSA) is 47.0 Å². The fourth-order valence-corrected chi connectivity index (χ4v) is 3.26. The summed E-state index contributed by atoms with van der Waals surface area (Å²) in [5.74, 6) is 0.952. The molecule has 116 valence electrons. The van der Waals surface area contributed by atoms with Crippen LogP contribution >= 0.6 is 0 Å². The van der Waals surface area contributed by atoms with E-state index in [4.69, 9.17) is 5.11 Å². The normalized spacial score (nSPS) is 26.2. The van der Waals surface area contributed by atoms with Crippen LogP contribution in [-0.2, 0) is 4.79 Å². The summed E-state index contributed by atoms with van der Waals surface area (Å²) in [5.41, 5.74) is 0. The van der Waals surface area contributed by atoms with Crippen molar-refractivity contribution in [3.05, 3.63) is 0 Å². The zero-order valence-corrected chi connectivity index (χ0v) is 12.8. The number of piperazine rings is 1. The third-order valence-electron chi connectivity index (χ3n) is 4.59. The summed E-state index contributed by atoms with van der Waals surface area (Å²) in [6.45, 7) is 8.08. The first-order valence-electron chi connectivity index (χ1n) is 7.98. The van der Waals surface area contributed by atoms with Gasteiger partial charge in [-0.1, -0.05) is 0 Å². The molecule has 0 aliphatic carbocycles. The lowest BCUT2D eigenvalue weighted by molar-refractivity contribution is -0.133. The number of hydrogen-bond donors (Lipinski definition) is 1. The molecule has 0 spiro atoms. The van der Waals surface area contributed by atoms with E-state index in [0.717, 1.165) is 71.5 Å². The summed E-state index contributed by atoms with van der Waals surface area (Å²) in [7, 11) is 1.92. The second-order valence-corrected chi connectivity index (χ2v) is 6.25. The maximum Gasteiger partial charge on any atom is 0.222 e. The van der Waals surface area contributed by atoms with E-state index in [2.05, 4.69) is 9.80 Å². The van der Waals surface area contributed by atoms with Crippen molar-refractivity contribution in [3.8, 4) is 0 Å². The number of carbonyl (C=O) groups excluding carboxylic acids is 1. The molecule has 0 saturated carbocycles. The summed E-state index contributed by atoms with van der Waals surface area (Å²) < 4.78 is 0. The Bertz CT molecular complexity index is 303. The lowest BCUT2D eigenvalue weighted by Crippen LogP contribution is -2.49. The molecule has 1 atom stereocenters. The van der Waals surface area contributed by atoms with Crippen molar-refractivity contribution in [2.24, 2.45) is 5.92 Å². The van der Waals surface area contributed by atoms with Gasteiger partial charge in [0.15, 0.2) is 0 Å². The Morgan fingerprint density at radius 3 is 2.50 bits per heavy atom. The molecule has 2 aliphatic rings. The quantitative estimate of drug-likeness (QED) is 0.710. The van der Waals surface area contributed by atoms with Crippen LogP contribution in [0.3, 0.4) is 0 Å². The van der Waals surface area contributed by atoms with Crippen molar-refractivity contribution in [1.29, 1.82) is 0 Å². The minimum Gasteiger partial charge on any atom is -0.396 e. The van der Waals surface area contributed by atoms with Gasteiger partial charge in [-0.25, -0.2) is 0 Å². The molecule has 1 N–H and O–H groups in total. The van der Waals surface area contributed by atoms with Gasteiger partial charge in [0.1, 0.15) is 0 Å². The number of aliphatic hydroxyl groups is 1. The lowest BCUT2D eigenvalue weighted by Gasteiger charge is -2.38. The van der Waals surface area contributed by atoms with Gasteiger partial charge in [0, 0.05) is 59.3 Å². The predicted molar refractivity (Wildman–Crippen MR) is 79.6 cm³/mol. The molecule has 5 nitrogen and oxygen atoms in total. The van der Waals surface area contributed by atoms with Gasteiger partial charge in [0.2, 0.25) is 5.91 Å². The first-order valence-corrected chi connectivity index (χ1v) is 7.98. The smallest absolute Gasteiger partial charge is 0.222 e. The average Bonchev–Trinajstić information content (AvgIpc) is 2.45. The Morgan fingerprint density at radius 2 is 1.85 bits per heavy atom. The van der Waals surface area contributed by atoms with Crippen molar-refractivity contribution in [2.45, 2.75) is 25.7 Å². The number of nitrogens with zero attached hydrogens (tertiary/aromatic N) is 3. The van der Waals surface area contributed by atoms with E-state index in [1.807, 2.05) is 11.9 Å². The van der Waals surface area contributed by atoms with Gasteiger partial charge in [0.25, 0.3) is 0 Å². The largest absolute Gasteiger partial charge is 0.396 e. The van der Waals surface area contributed by atoms with Crippen molar-refractivity contribution < 1.29 is 9.90 Å². The molecular weight excluding hydrogens is 254 g/mol. The Balaban J connectivity index is 1.63. The fraction of sp³-hybridized carbons (Fsp3) is 0.933. The third kappa shape index (κ3) is 4.72. The summed E-state index contributed by atoms with van der Waals surface area (Å²) in [6.07, 6.45) is 3.80. The van der Waals surface area contributed by atoms with Crippen molar-refractivity contribution >= 4 is 5.91 Å². The molecule has 0 aromatic heterocycles. The highest BCUT2D eigenvalue weighted by molar-refractivity contribution is 5.76. The number of piperidine rings is 1. The predicted octanol–water partition coefficient (Wildman–Crippen LogP) is 0.245. The number of likely N-dealkylation sites (tertiary alicyclic amines) is 1. The van der Waals surface area contributed by atoms with E-state index in [0.29, 0.717) is 18.4 Å². The van der Waals surface area contributed by atoms with Gasteiger partial charge < -0.3 is 19.8 Å². The maximum atomic E-state index is 11.5. The van der Waals surface area contributed by atoms with Crippen molar-refractivity contribution in [1.82, 2.24) is 14.7 Å². The minimum atomic E-state index is 0.301. The number of aliphatic hydroxyl groups excluding tert-OH is 1. The molecule has 0 radical (unpaired) electrons. The number of carbonyl (C=O) groups is 1.